The number of nitrogens with one attached hydrogen (secondary N) is 1. The van der Waals surface area contributed by atoms with Crippen LogP contribution in [0.5, 0.6) is 0 Å². The number of halogens is 1. The van der Waals surface area contributed by atoms with Crippen molar-refractivity contribution in [1.82, 2.24) is 10.1 Å². The van der Waals surface area contributed by atoms with Crippen molar-refractivity contribution in [3.63, 3.8) is 0 Å². The van der Waals surface area contributed by atoms with Gasteiger partial charge in [0, 0.05) is 22.7 Å². The Hall–Kier alpha value is -2.86. The van der Waals surface area contributed by atoms with Gasteiger partial charge in [-0.2, -0.15) is 4.98 Å². The minimum atomic E-state index is 0.352. The van der Waals surface area contributed by atoms with Gasteiger partial charge < -0.3 is 15.6 Å². The summed E-state index contributed by atoms with van der Waals surface area (Å²) in [5.41, 5.74) is 8.94. The van der Waals surface area contributed by atoms with Crippen LogP contribution < -0.4 is 11.1 Å². The molecule has 2 aromatic carbocycles. The van der Waals surface area contributed by atoms with Crippen molar-refractivity contribution in [3.05, 3.63) is 65.0 Å². The van der Waals surface area contributed by atoms with E-state index in [1.165, 1.54) is 5.56 Å². The van der Waals surface area contributed by atoms with E-state index < -0.39 is 0 Å². The van der Waals surface area contributed by atoms with Crippen LogP contribution in [-0.2, 0) is 6.42 Å². The van der Waals surface area contributed by atoms with Crippen molar-refractivity contribution in [1.29, 1.82) is 0 Å². The molecule has 0 saturated carbocycles. The summed E-state index contributed by atoms with van der Waals surface area (Å²) in [5.74, 6) is 1.82. The number of hydrogen-bond acceptors (Lipinski definition) is 4. The van der Waals surface area contributed by atoms with Crippen molar-refractivity contribution in [2.75, 3.05) is 11.9 Å². The number of hydrogen-bond donors (Lipinski definition) is 2. The lowest BCUT2D eigenvalue weighted by molar-refractivity contribution is 0.380. The highest BCUT2D eigenvalue weighted by Crippen LogP contribution is 2.20. The van der Waals surface area contributed by atoms with Crippen LogP contribution in [0.1, 0.15) is 31.2 Å². The highest BCUT2D eigenvalue weighted by molar-refractivity contribution is 6.30. The average Bonchev–Trinajstić information content (AvgIpc) is 3.11. The third-order valence-electron chi connectivity index (χ3n) is 3.98. The van der Waals surface area contributed by atoms with Crippen molar-refractivity contribution < 1.29 is 4.52 Å². The van der Waals surface area contributed by atoms with E-state index in [0.29, 0.717) is 41.6 Å². The molecule has 0 saturated heterocycles. The Morgan fingerprint density at radius 3 is 2.81 bits per heavy atom. The van der Waals surface area contributed by atoms with E-state index in [-0.39, 0.29) is 0 Å². The van der Waals surface area contributed by atoms with Crippen LogP contribution in [-0.4, -0.2) is 22.6 Å². The smallest absolute Gasteiger partial charge is 0.228 e. The van der Waals surface area contributed by atoms with E-state index in [4.69, 9.17) is 21.9 Å². The molecule has 27 heavy (non-hydrogen) atoms. The molecule has 1 heterocycles. The maximum atomic E-state index is 5.99. The molecule has 0 aliphatic heterocycles. The number of anilines is 1. The monoisotopic (exact) mass is 383 g/mol. The SMILES string of the molecule is CC(C)c1cccc(NC(N)=NCCc2nc(-c3cccc(Cl)c3)no2)c1. The topological polar surface area (TPSA) is 89.3 Å². The Balaban J connectivity index is 1.56. The summed E-state index contributed by atoms with van der Waals surface area (Å²) >= 11 is 5.99. The fourth-order valence-corrected chi connectivity index (χ4v) is 2.73. The summed E-state index contributed by atoms with van der Waals surface area (Å²) in [7, 11) is 0. The Kier molecular flexibility index (Phi) is 6.08. The molecule has 7 heteroatoms. The van der Waals surface area contributed by atoms with Crippen molar-refractivity contribution in [2.24, 2.45) is 10.7 Å². The van der Waals surface area contributed by atoms with Gasteiger partial charge in [-0.3, -0.25) is 4.99 Å². The number of nitrogens with two attached hydrogens (primary N) is 1. The van der Waals surface area contributed by atoms with E-state index in [1.54, 1.807) is 12.1 Å². The lowest BCUT2D eigenvalue weighted by Gasteiger charge is -2.09. The molecule has 0 atom stereocenters. The first-order valence-corrected chi connectivity index (χ1v) is 9.14. The van der Waals surface area contributed by atoms with Crippen LogP contribution in [0.15, 0.2) is 58.0 Å². The summed E-state index contributed by atoms with van der Waals surface area (Å²) in [6.45, 7) is 4.75. The zero-order valence-electron chi connectivity index (χ0n) is 15.3. The number of aromatic nitrogens is 2. The van der Waals surface area contributed by atoms with E-state index in [2.05, 4.69) is 46.4 Å². The molecule has 0 aliphatic carbocycles. The molecule has 0 amide bonds. The molecule has 6 nitrogen and oxygen atoms in total. The first-order chi connectivity index (χ1) is 13.0. The van der Waals surface area contributed by atoms with Gasteiger partial charge in [-0.15, -0.1) is 0 Å². The summed E-state index contributed by atoms with van der Waals surface area (Å²) in [6, 6.07) is 15.4. The molecule has 3 rings (SSSR count). The third-order valence-corrected chi connectivity index (χ3v) is 4.22. The molecular weight excluding hydrogens is 362 g/mol. The number of nitrogens with zero attached hydrogens (tertiary/aromatic N) is 3. The summed E-state index contributed by atoms with van der Waals surface area (Å²) in [4.78, 5) is 8.69. The summed E-state index contributed by atoms with van der Waals surface area (Å²) in [6.07, 6.45) is 0.502. The van der Waals surface area contributed by atoms with Crippen LogP contribution in [0.25, 0.3) is 11.4 Å². The van der Waals surface area contributed by atoms with E-state index >= 15 is 0 Å². The van der Waals surface area contributed by atoms with Gasteiger partial charge in [-0.25, -0.2) is 0 Å². The van der Waals surface area contributed by atoms with Crippen molar-refractivity contribution in [3.8, 4) is 11.4 Å². The number of aliphatic imine (C=N–C) groups is 1. The summed E-state index contributed by atoms with van der Waals surface area (Å²) in [5, 5.41) is 7.71. The normalized spacial score (nSPS) is 11.8. The third kappa shape index (κ3) is 5.31. The van der Waals surface area contributed by atoms with Crippen molar-refractivity contribution >= 4 is 23.2 Å². The fourth-order valence-electron chi connectivity index (χ4n) is 2.54. The molecule has 0 fully saturated rings. The standard InChI is InChI=1S/C20H22ClN5O/c1-13(2)14-5-4-8-17(12-14)24-20(22)23-10-9-18-25-19(26-27-18)15-6-3-7-16(21)11-15/h3-8,11-13H,9-10H2,1-2H3,(H3,22,23,24). The van der Waals surface area contributed by atoms with Gasteiger partial charge in [0.05, 0.1) is 6.54 Å². The fraction of sp³-hybridized carbons (Fsp3) is 0.250. The highest BCUT2D eigenvalue weighted by Gasteiger charge is 2.08. The van der Waals surface area contributed by atoms with Gasteiger partial charge in [-0.1, -0.05) is 54.9 Å². The Bertz CT molecular complexity index is 935. The largest absolute Gasteiger partial charge is 0.370 e. The molecule has 3 N–H and O–H groups in total. The molecular formula is C20H22ClN5O. The van der Waals surface area contributed by atoms with Crippen LogP contribution in [0, 0.1) is 0 Å². The van der Waals surface area contributed by atoms with E-state index in [0.717, 1.165) is 11.3 Å². The van der Waals surface area contributed by atoms with E-state index in [1.807, 2.05) is 24.3 Å². The maximum Gasteiger partial charge on any atom is 0.228 e. The highest BCUT2D eigenvalue weighted by atomic mass is 35.5. The molecule has 0 aliphatic rings. The number of benzene rings is 2. The van der Waals surface area contributed by atoms with Gasteiger partial charge in [0.1, 0.15) is 0 Å². The predicted molar refractivity (Wildman–Crippen MR) is 109 cm³/mol. The van der Waals surface area contributed by atoms with Gasteiger partial charge in [0.15, 0.2) is 5.96 Å². The molecule has 0 unspecified atom stereocenters. The van der Waals surface area contributed by atoms with Crippen molar-refractivity contribution in [2.45, 2.75) is 26.2 Å². The van der Waals surface area contributed by atoms with Crippen LogP contribution in [0.4, 0.5) is 5.69 Å². The second kappa shape index (κ2) is 8.68. The lowest BCUT2D eigenvalue weighted by atomic mass is 10.0. The molecule has 140 valence electrons. The maximum absolute atomic E-state index is 5.99. The lowest BCUT2D eigenvalue weighted by Crippen LogP contribution is -2.23. The average molecular weight is 384 g/mol. The minimum Gasteiger partial charge on any atom is -0.370 e. The second-order valence-electron chi connectivity index (χ2n) is 6.44. The first-order valence-electron chi connectivity index (χ1n) is 8.76. The van der Waals surface area contributed by atoms with Gasteiger partial charge in [0.25, 0.3) is 0 Å². The Morgan fingerprint density at radius 1 is 1.22 bits per heavy atom. The van der Waals surface area contributed by atoms with Gasteiger partial charge in [0.2, 0.25) is 11.7 Å². The molecule has 3 aromatic rings. The molecule has 1 aromatic heterocycles. The number of guanidine groups is 1. The van der Waals surface area contributed by atoms with E-state index in [9.17, 15) is 0 Å². The summed E-state index contributed by atoms with van der Waals surface area (Å²) < 4.78 is 5.27. The minimum absolute atomic E-state index is 0.352. The second-order valence-corrected chi connectivity index (χ2v) is 6.88. The van der Waals surface area contributed by atoms with Crippen LogP contribution >= 0.6 is 11.6 Å². The zero-order valence-corrected chi connectivity index (χ0v) is 16.1. The van der Waals surface area contributed by atoms with Crippen LogP contribution in [0.2, 0.25) is 5.02 Å². The first kappa shape index (κ1) is 18.9. The molecule has 0 radical (unpaired) electrons. The zero-order chi connectivity index (χ0) is 19.2. The molecule has 0 spiro atoms. The molecule has 0 bridgehead atoms. The van der Waals surface area contributed by atoms with Gasteiger partial charge >= 0.3 is 0 Å². The van der Waals surface area contributed by atoms with Gasteiger partial charge in [-0.05, 0) is 35.7 Å². The number of rotatable bonds is 6. The quantitative estimate of drug-likeness (QED) is 0.483. The Labute approximate surface area is 163 Å². The Morgan fingerprint density at radius 2 is 2.04 bits per heavy atom. The predicted octanol–water partition coefficient (Wildman–Crippen LogP) is 4.48. The van der Waals surface area contributed by atoms with Crippen LogP contribution in [0.3, 0.4) is 0 Å².